The highest BCUT2D eigenvalue weighted by Crippen LogP contribution is 2.90. The van der Waals surface area contributed by atoms with Crippen LogP contribution in [-0.2, 0) is 18.9 Å². The molecule has 8 aliphatic rings. The van der Waals surface area contributed by atoms with E-state index in [4.69, 9.17) is 18.9 Å². The standard InChI is InChI=1S/C35H56O9/c1-17-14-19-26(30(4,5)40)44-35(43-19)25(17)31(6)12-13-34-16-33(34)11-10-22(42-27-24(38)23(37)18(36)15-41-27)29(2,3)20(33)8-9-21(34)32(31,7)28(35)39/h17-28,36-40H,8-16H2,1-7H3/t17-,18+,19-,20+,21+,22+,23-,24+,25+,26+,27-,28-,31-,32-,33-,34+,35+/m1/s1. The Morgan fingerprint density at radius 2 is 1.52 bits per heavy atom. The summed E-state index contributed by atoms with van der Waals surface area (Å²) in [6.45, 7) is 15.2. The molecule has 3 heterocycles. The molecule has 5 aliphatic carbocycles. The van der Waals surface area contributed by atoms with E-state index in [2.05, 4.69) is 34.6 Å². The lowest BCUT2D eigenvalue weighted by molar-refractivity contribution is -0.303. The van der Waals surface area contributed by atoms with Crippen molar-refractivity contribution in [2.45, 2.75) is 160 Å². The van der Waals surface area contributed by atoms with Crippen LogP contribution in [0.4, 0.5) is 0 Å². The van der Waals surface area contributed by atoms with E-state index >= 15 is 0 Å². The largest absolute Gasteiger partial charge is 0.388 e. The van der Waals surface area contributed by atoms with Crippen molar-refractivity contribution < 1.29 is 44.5 Å². The van der Waals surface area contributed by atoms with E-state index < -0.39 is 48.2 Å². The zero-order valence-corrected chi connectivity index (χ0v) is 27.7. The second-order valence-corrected chi connectivity index (χ2v) is 18.3. The molecule has 5 saturated carbocycles. The van der Waals surface area contributed by atoms with E-state index in [9.17, 15) is 25.5 Å². The van der Waals surface area contributed by atoms with Crippen LogP contribution in [0.3, 0.4) is 0 Å². The fourth-order valence-electron chi connectivity index (χ4n) is 14.0. The van der Waals surface area contributed by atoms with Gasteiger partial charge in [-0.2, -0.15) is 0 Å². The van der Waals surface area contributed by atoms with Crippen LogP contribution in [0.2, 0.25) is 0 Å². The number of aliphatic hydroxyl groups excluding tert-OH is 4. The van der Waals surface area contributed by atoms with Crippen LogP contribution in [-0.4, -0.2) is 92.5 Å². The molecular weight excluding hydrogens is 564 g/mol. The van der Waals surface area contributed by atoms with Gasteiger partial charge in [0.1, 0.15) is 30.5 Å². The summed E-state index contributed by atoms with van der Waals surface area (Å²) in [6.07, 6.45) is 2.00. The van der Waals surface area contributed by atoms with E-state index in [0.29, 0.717) is 17.8 Å². The van der Waals surface area contributed by atoms with E-state index in [1.54, 1.807) is 13.8 Å². The second kappa shape index (κ2) is 9.00. The maximum Gasteiger partial charge on any atom is 0.199 e. The minimum absolute atomic E-state index is 0.0559. The number of ether oxygens (including phenoxy) is 4. The normalized spacial score (nSPS) is 62.2. The van der Waals surface area contributed by atoms with Crippen molar-refractivity contribution in [3.8, 4) is 0 Å². The molecule has 0 radical (unpaired) electrons. The molecule has 0 aromatic carbocycles. The number of fused-ring (bicyclic) bond motifs is 4. The van der Waals surface area contributed by atoms with Gasteiger partial charge in [-0.15, -0.1) is 0 Å². The minimum Gasteiger partial charge on any atom is -0.388 e. The van der Waals surface area contributed by atoms with Gasteiger partial charge in [0.05, 0.1) is 24.4 Å². The molecule has 3 aliphatic heterocycles. The first kappa shape index (κ1) is 30.9. The lowest BCUT2D eigenvalue weighted by atomic mass is 9.41. The monoisotopic (exact) mass is 620 g/mol. The third-order valence-electron chi connectivity index (χ3n) is 15.9. The van der Waals surface area contributed by atoms with Crippen LogP contribution in [0.15, 0.2) is 0 Å². The van der Waals surface area contributed by atoms with Crippen molar-refractivity contribution in [3.05, 3.63) is 0 Å². The zero-order valence-electron chi connectivity index (χ0n) is 27.7. The molecule has 5 N–H and O–H groups in total. The van der Waals surface area contributed by atoms with Crippen LogP contribution in [0.25, 0.3) is 0 Å². The molecule has 8 fully saturated rings. The topological polar surface area (TPSA) is 138 Å². The first-order chi connectivity index (χ1) is 20.4. The predicted molar refractivity (Wildman–Crippen MR) is 159 cm³/mol. The summed E-state index contributed by atoms with van der Waals surface area (Å²) in [5.41, 5.74) is -1.39. The fraction of sp³-hybridized carbons (Fsp3) is 1.00. The van der Waals surface area contributed by atoms with E-state index in [-0.39, 0.29) is 51.8 Å². The molecule has 3 spiro atoms. The Bertz CT molecular complexity index is 1200. The van der Waals surface area contributed by atoms with Crippen LogP contribution in [0, 0.1) is 50.7 Å². The predicted octanol–water partition coefficient (Wildman–Crippen LogP) is 3.12. The van der Waals surface area contributed by atoms with Gasteiger partial charge in [0, 0.05) is 11.3 Å². The van der Waals surface area contributed by atoms with Gasteiger partial charge in [-0.25, -0.2) is 0 Å². The van der Waals surface area contributed by atoms with Gasteiger partial charge >= 0.3 is 0 Å². The van der Waals surface area contributed by atoms with Crippen LogP contribution >= 0.6 is 0 Å². The van der Waals surface area contributed by atoms with Gasteiger partial charge in [0.15, 0.2) is 12.1 Å². The Morgan fingerprint density at radius 3 is 2.23 bits per heavy atom. The molecule has 9 nitrogen and oxygen atoms in total. The van der Waals surface area contributed by atoms with Gasteiger partial charge in [-0.1, -0.05) is 34.6 Å². The molecule has 0 aromatic rings. The van der Waals surface area contributed by atoms with E-state index in [0.717, 1.165) is 44.9 Å². The summed E-state index contributed by atoms with van der Waals surface area (Å²) in [5, 5.41) is 54.5. The van der Waals surface area contributed by atoms with Gasteiger partial charge in [-0.05, 0) is 105 Å². The van der Waals surface area contributed by atoms with Crippen molar-refractivity contribution in [1.29, 1.82) is 0 Å². The number of aliphatic hydroxyl groups is 5. The molecule has 0 unspecified atom stereocenters. The molecule has 250 valence electrons. The third-order valence-corrected chi connectivity index (χ3v) is 15.9. The van der Waals surface area contributed by atoms with Crippen molar-refractivity contribution in [2.75, 3.05) is 6.61 Å². The summed E-state index contributed by atoms with van der Waals surface area (Å²) < 4.78 is 25.8. The highest BCUT2D eigenvalue weighted by molar-refractivity contribution is 5.34. The summed E-state index contributed by atoms with van der Waals surface area (Å²) in [6, 6.07) is 0. The Balaban J connectivity index is 1.10. The molecule has 0 amide bonds. The second-order valence-electron chi connectivity index (χ2n) is 18.3. The van der Waals surface area contributed by atoms with Crippen LogP contribution < -0.4 is 0 Å². The number of hydrogen-bond donors (Lipinski definition) is 5. The first-order valence-electron chi connectivity index (χ1n) is 17.5. The molecule has 17 atom stereocenters. The summed E-state index contributed by atoms with van der Waals surface area (Å²) in [5.74, 6) is 0.108. The molecular formula is C35H56O9. The number of rotatable bonds is 3. The molecule has 9 heteroatoms. The summed E-state index contributed by atoms with van der Waals surface area (Å²) in [7, 11) is 0. The Hall–Kier alpha value is -0.360. The highest BCUT2D eigenvalue weighted by atomic mass is 16.8. The Labute approximate surface area is 262 Å². The van der Waals surface area contributed by atoms with Crippen molar-refractivity contribution in [2.24, 2.45) is 50.7 Å². The van der Waals surface area contributed by atoms with Gasteiger partial charge in [0.25, 0.3) is 0 Å². The SMILES string of the molecule is C[C@@H]1C[C@H]2O[C@]3(O[C@@H]2C(C)(C)O)[C@@H]1[C@@]1(C)CC[C@@]24C[C@@]25CC[C@H](O[C@H]2OC[C@H](O)[C@@H](O)[C@@H]2O)C(C)(C)[C@@H]5CC[C@H]4[C@]1(C)[C@H]3O. The average Bonchev–Trinajstić information content (AvgIpc) is 3.45. The molecule has 3 saturated heterocycles. The van der Waals surface area contributed by atoms with Gasteiger partial charge < -0.3 is 44.5 Å². The average molecular weight is 621 g/mol. The lowest BCUT2D eigenvalue weighted by Gasteiger charge is -2.63. The zero-order chi connectivity index (χ0) is 31.6. The summed E-state index contributed by atoms with van der Waals surface area (Å²) >= 11 is 0. The Kier molecular flexibility index (Phi) is 6.33. The fourth-order valence-corrected chi connectivity index (χ4v) is 14.0. The maximum atomic E-state index is 12.7. The first-order valence-corrected chi connectivity index (χ1v) is 17.5. The third kappa shape index (κ3) is 3.38. The van der Waals surface area contributed by atoms with E-state index in [1.807, 2.05) is 0 Å². The van der Waals surface area contributed by atoms with Crippen molar-refractivity contribution in [3.63, 3.8) is 0 Å². The van der Waals surface area contributed by atoms with Crippen LogP contribution in [0.5, 0.6) is 0 Å². The summed E-state index contributed by atoms with van der Waals surface area (Å²) in [4.78, 5) is 0. The Morgan fingerprint density at radius 1 is 0.841 bits per heavy atom. The molecule has 0 aromatic heterocycles. The minimum atomic E-state index is -1.28. The maximum absolute atomic E-state index is 12.7. The van der Waals surface area contributed by atoms with Gasteiger partial charge in [0.2, 0.25) is 0 Å². The molecule has 8 rings (SSSR count). The lowest BCUT2D eigenvalue weighted by Crippen LogP contribution is -2.61. The highest BCUT2D eigenvalue weighted by Gasteiger charge is 2.88. The molecule has 44 heavy (non-hydrogen) atoms. The van der Waals surface area contributed by atoms with Crippen molar-refractivity contribution in [1.82, 2.24) is 0 Å². The molecule has 2 bridgehead atoms. The smallest absolute Gasteiger partial charge is 0.199 e. The van der Waals surface area contributed by atoms with Gasteiger partial charge in [-0.3, -0.25) is 0 Å². The quantitative estimate of drug-likeness (QED) is 0.301. The van der Waals surface area contributed by atoms with Crippen molar-refractivity contribution >= 4 is 0 Å². The number of hydrogen-bond acceptors (Lipinski definition) is 9. The van der Waals surface area contributed by atoms with Crippen LogP contribution in [0.1, 0.15) is 99.8 Å². The van der Waals surface area contributed by atoms with E-state index in [1.165, 1.54) is 6.42 Å².